The summed E-state index contributed by atoms with van der Waals surface area (Å²) in [7, 11) is 5.24. The Bertz CT molecular complexity index is 2210. The standard InChI is InChI=1S/C48H65N9O5/c1-29(2)41(51-28-61-7)45(58)55-24-9-12-38(55)43-49-26-37(52-43)35-19-18-34(40-36(35)20-22-48(40)21-11-23-54(48)6)33-16-14-32(15-17-33)31(5)57-27-50-44(57)39-13-10-25-56(39)46(59)42(30(3)4)53-47(60)62-8/h14-19,26-27,29-31,38-39,41-42,51H,9-13,20-25,28H2,1-8H3,(H-,49,52,53,60)/p+1. The van der Waals surface area contributed by atoms with Crippen LogP contribution in [0.25, 0.3) is 22.4 Å². The molecule has 3 N–H and O–H groups in total. The number of ether oxygens (including phenoxy) is 2. The fraction of sp³-hybridized carbons (Fsp3) is 0.583. The van der Waals surface area contributed by atoms with Crippen LogP contribution in [0.2, 0.25) is 0 Å². The number of alkyl carbamates (subject to hydrolysis) is 1. The number of aliphatic imine (C=N–C) groups is 1. The van der Waals surface area contributed by atoms with Gasteiger partial charge in [-0.1, -0.05) is 69.1 Å². The first kappa shape index (κ1) is 43.7. The van der Waals surface area contributed by atoms with E-state index in [-0.39, 0.29) is 53.4 Å². The van der Waals surface area contributed by atoms with Crippen molar-refractivity contribution in [3.8, 4) is 22.4 Å². The number of fused-ring (bicyclic) bond motifs is 2. The number of amidine groups is 1. The van der Waals surface area contributed by atoms with Gasteiger partial charge in [-0.05, 0) is 112 Å². The average molecular weight is 849 g/mol. The van der Waals surface area contributed by atoms with Crippen molar-refractivity contribution in [2.45, 2.75) is 122 Å². The molecule has 0 saturated carbocycles. The predicted octanol–water partition coefficient (Wildman–Crippen LogP) is 6.38. The van der Waals surface area contributed by atoms with E-state index in [4.69, 9.17) is 19.5 Å². The summed E-state index contributed by atoms with van der Waals surface area (Å²) in [6.45, 7) is 12.9. The highest BCUT2D eigenvalue weighted by Gasteiger charge is 2.48. The topological polar surface area (TPSA) is 148 Å². The van der Waals surface area contributed by atoms with Gasteiger partial charge in [0.15, 0.2) is 0 Å². The number of likely N-dealkylation sites (tertiary alicyclic amines) is 3. The maximum atomic E-state index is 13.9. The molecule has 3 aromatic rings. The summed E-state index contributed by atoms with van der Waals surface area (Å²) in [6.07, 6.45) is 11.2. The number of imidazole rings is 1. The smallest absolute Gasteiger partial charge is 0.407 e. The Morgan fingerprint density at radius 1 is 0.871 bits per heavy atom. The zero-order valence-electron chi connectivity index (χ0n) is 37.9. The van der Waals surface area contributed by atoms with Crippen LogP contribution < -0.4 is 10.6 Å². The van der Waals surface area contributed by atoms with Crippen molar-refractivity contribution in [2.75, 3.05) is 47.6 Å². The van der Waals surface area contributed by atoms with Crippen molar-refractivity contribution in [3.05, 3.63) is 65.1 Å². The van der Waals surface area contributed by atoms with E-state index in [1.165, 1.54) is 46.9 Å². The summed E-state index contributed by atoms with van der Waals surface area (Å²) >= 11 is 0. The molecule has 3 fully saturated rings. The molecule has 62 heavy (non-hydrogen) atoms. The van der Waals surface area contributed by atoms with Crippen LogP contribution in [-0.2, 0) is 31.0 Å². The lowest BCUT2D eigenvalue weighted by Crippen LogP contribution is -2.55. The third-order valence-corrected chi connectivity index (χ3v) is 14.4. The first-order valence-corrected chi connectivity index (χ1v) is 22.8. The number of hydrogen-bond donors (Lipinski definition) is 3. The first-order chi connectivity index (χ1) is 29.9. The maximum Gasteiger partial charge on any atom is 0.407 e. The number of H-pyrrole nitrogens is 1. The molecule has 3 amide bonds. The third kappa shape index (κ3) is 7.87. The van der Waals surface area contributed by atoms with E-state index in [0.717, 1.165) is 75.4 Å². The Kier molecular flexibility index (Phi) is 12.7. The second-order valence-corrected chi connectivity index (χ2v) is 18.7. The average Bonchev–Trinajstić information content (AvgIpc) is 4.11. The van der Waals surface area contributed by atoms with E-state index < -0.39 is 12.1 Å². The number of amides is 3. The molecule has 6 unspecified atom stereocenters. The van der Waals surface area contributed by atoms with Crippen LogP contribution in [0, 0.1) is 11.8 Å². The number of aromatic amines is 1. The Labute approximate surface area is 366 Å². The number of benzene rings is 2. The van der Waals surface area contributed by atoms with Gasteiger partial charge >= 0.3 is 6.09 Å². The summed E-state index contributed by atoms with van der Waals surface area (Å²) < 4.78 is 12.3. The van der Waals surface area contributed by atoms with Gasteiger partial charge < -0.3 is 29.6 Å². The van der Waals surface area contributed by atoms with Crippen molar-refractivity contribution < 1.29 is 28.4 Å². The van der Waals surface area contributed by atoms with Gasteiger partial charge in [0.2, 0.25) is 18.2 Å². The minimum atomic E-state index is -0.672. The van der Waals surface area contributed by atoms with Crippen molar-refractivity contribution in [1.29, 1.82) is 0 Å². The molecular formula is C48H66N9O5+. The summed E-state index contributed by atoms with van der Waals surface area (Å²) in [5.41, 5.74) is 8.66. The molecule has 14 heteroatoms. The molecule has 1 aliphatic carbocycles. The fourth-order valence-corrected chi connectivity index (χ4v) is 11.0. The first-order valence-electron chi connectivity index (χ1n) is 22.8. The van der Waals surface area contributed by atoms with E-state index in [2.05, 4.69) is 89.3 Å². The molecule has 6 atom stereocenters. The lowest BCUT2D eigenvalue weighted by molar-refractivity contribution is -0.461. The highest BCUT2D eigenvalue weighted by atomic mass is 16.5. The normalized spacial score (nSPS) is 23.7. The molecule has 0 radical (unpaired) electrons. The van der Waals surface area contributed by atoms with Crippen molar-refractivity contribution in [1.82, 2.24) is 35.3 Å². The van der Waals surface area contributed by atoms with E-state index in [9.17, 15) is 14.4 Å². The molecule has 0 bridgehead atoms. The minimum Gasteiger partial charge on any atom is -0.453 e. The van der Waals surface area contributed by atoms with Crippen LogP contribution in [0.4, 0.5) is 4.79 Å². The van der Waals surface area contributed by atoms with E-state index in [1.54, 1.807) is 7.11 Å². The van der Waals surface area contributed by atoms with Gasteiger partial charge in [-0.15, -0.1) is 0 Å². The molecule has 4 aliphatic heterocycles. The Balaban J connectivity index is 1.05. The molecule has 332 valence electrons. The SMILES string of the molecule is COCNC(C(=O)N1CCCC1c1ncc(-c2ccc(-c3ccc(C(C)[N+]4=C(C5CCCN5C(=O)C(NC(=O)OC)C(C)C)N=C4)cc3)c3c2CCC32CCCN2C)[nH]1)C(C)C. The second-order valence-electron chi connectivity index (χ2n) is 18.7. The summed E-state index contributed by atoms with van der Waals surface area (Å²) in [5.74, 6) is 1.78. The van der Waals surface area contributed by atoms with Crippen molar-refractivity contribution >= 4 is 30.1 Å². The van der Waals surface area contributed by atoms with Crippen LogP contribution >= 0.6 is 0 Å². The maximum absolute atomic E-state index is 13.9. The monoisotopic (exact) mass is 849 g/mol. The molecular weight excluding hydrogens is 783 g/mol. The van der Waals surface area contributed by atoms with Crippen LogP contribution in [-0.4, -0.2) is 125 Å². The zero-order valence-corrected chi connectivity index (χ0v) is 37.9. The van der Waals surface area contributed by atoms with E-state index in [0.29, 0.717) is 13.3 Å². The number of nitrogens with one attached hydrogen (secondary N) is 3. The van der Waals surface area contributed by atoms with Gasteiger partial charge in [0.25, 0.3) is 5.84 Å². The molecule has 1 aromatic heterocycles. The number of hydrogen-bond acceptors (Lipinski definition) is 9. The van der Waals surface area contributed by atoms with Gasteiger partial charge in [-0.25, -0.2) is 14.4 Å². The fourth-order valence-electron chi connectivity index (χ4n) is 11.0. The summed E-state index contributed by atoms with van der Waals surface area (Å²) in [6, 6.07) is 12.4. The molecule has 2 aromatic carbocycles. The van der Waals surface area contributed by atoms with Crippen molar-refractivity contribution in [2.24, 2.45) is 16.8 Å². The Morgan fingerprint density at radius 3 is 2.18 bits per heavy atom. The van der Waals surface area contributed by atoms with Gasteiger partial charge in [-0.3, -0.25) is 19.8 Å². The van der Waals surface area contributed by atoms with Gasteiger partial charge in [0, 0.05) is 31.3 Å². The molecule has 1 spiro atoms. The molecule has 8 rings (SSSR count). The van der Waals surface area contributed by atoms with Gasteiger partial charge in [0.05, 0.1) is 37.8 Å². The molecule has 14 nitrogen and oxygen atoms in total. The van der Waals surface area contributed by atoms with Gasteiger partial charge in [0.1, 0.15) is 23.9 Å². The highest BCUT2D eigenvalue weighted by molar-refractivity contribution is 5.99. The summed E-state index contributed by atoms with van der Waals surface area (Å²) in [4.78, 5) is 59.6. The molecule has 5 heterocycles. The lowest BCUT2D eigenvalue weighted by Gasteiger charge is -2.35. The number of methoxy groups -OCH3 is 2. The van der Waals surface area contributed by atoms with Crippen LogP contribution in [0.15, 0.2) is 47.6 Å². The third-order valence-electron chi connectivity index (χ3n) is 14.4. The lowest BCUT2D eigenvalue weighted by atomic mass is 9.82. The Hall–Kier alpha value is -4.92. The summed E-state index contributed by atoms with van der Waals surface area (Å²) in [5, 5.41) is 6.04. The number of nitrogens with zero attached hydrogens (tertiary/aromatic N) is 6. The number of carbonyl (C=O) groups is 3. The number of carbonyl (C=O) groups excluding carboxylic acids is 3. The van der Waals surface area contributed by atoms with Crippen LogP contribution in [0.3, 0.4) is 0 Å². The Morgan fingerprint density at radius 2 is 1.55 bits per heavy atom. The van der Waals surface area contributed by atoms with Crippen LogP contribution in [0.1, 0.15) is 114 Å². The van der Waals surface area contributed by atoms with Gasteiger partial charge in [-0.2, -0.15) is 0 Å². The zero-order chi connectivity index (χ0) is 43.9. The predicted molar refractivity (Wildman–Crippen MR) is 240 cm³/mol. The highest BCUT2D eigenvalue weighted by Crippen LogP contribution is 2.53. The molecule has 5 aliphatic rings. The number of aromatic nitrogens is 2. The van der Waals surface area contributed by atoms with Crippen molar-refractivity contribution in [3.63, 3.8) is 0 Å². The number of rotatable bonds is 14. The second kappa shape index (κ2) is 18.1. The van der Waals surface area contributed by atoms with E-state index >= 15 is 0 Å². The largest absolute Gasteiger partial charge is 0.453 e. The minimum absolute atomic E-state index is 0.0159. The van der Waals surface area contributed by atoms with E-state index in [1.807, 2.05) is 36.2 Å². The van der Waals surface area contributed by atoms with Crippen LogP contribution in [0.5, 0.6) is 0 Å². The quantitative estimate of drug-likeness (QED) is 0.125. The molecule has 3 saturated heterocycles.